The van der Waals surface area contributed by atoms with Crippen LogP contribution in [0.5, 0.6) is 0 Å². The third-order valence-electron chi connectivity index (χ3n) is 2.57. The summed E-state index contributed by atoms with van der Waals surface area (Å²) in [5, 5.41) is 9.47. The summed E-state index contributed by atoms with van der Waals surface area (Å²) in [6, 6.07) is 0. The Hall–Kier alpha value is -1.36. The van der Waals surface area contributed by atoms with Crippen molar-refractivity contribution in [3.63, 3.8) is 0 Å². The minimum atomic E-state index is -0.294. The molecule has 1 amide bonds. The van der Waals surface area contributed by atoms with Crippen molar-refractivity contribution in [1.29, 1.82) is 0 Å². The van der Waals surface area contributed by atoms with Crippen LogP contribution < -0.4 is 5.32 Å². The van der Waals surface area contributed by atoms with Gasteiger partial charge in [0.05, 0.1) is 6.20 Å². The molecule has 1 fully saturated rings. The molecule has 5 heteroatoms. The number of hydrogen-bond acceptors (Lipinski definition) is 3. The van der Waals surface area contributed by atoms with E-state index in [1.54, 1.807) is 6.20 Å². The van der Waals surface area contributed by atoms with Crippen LogP contribution in [-0.2, 0) is 16.0 Å². The number of nitrogens with one attached hydrogen (secondary N) is 2. The summed E-state index contributed by atoms with van der Waals surface area (Å²) in [4.78, 5) is 11.7. The van der Waals surface area contributed by atoms with Gasteiger partial charge in [-0.3, -0.25) is 9.89 Å². The first-order valence-electron chi connectivity index (χ1n) is 5.26. The first-order chi connectivity index (χ1) is 7.31. The van der Waals surface area contributed by atoms with Gasteiger partial charge in [-0.25, -0.2) is 0 Å². The lowest BCUT2D eigenvalue weighted by atomic mass is 10.2. The molecule has 82 valence electrons. The molecule has 0 unspecified atom stereocenters. The minimum absolute atomic E-state index is 0.0774. The summed E-state index contributed by atoms with van der Waals surface area (Å²) in [6.07, 6.45) is 4.05. The summed E-state index contributed by atoms with van der Waals surface area (Å²) in [7, 11) is 0. The third kappa shape index (κ3) is 2.18. The molecule has 1 aliphatic heterocycles. The zero-order valence-electron chi connectivity index (χ0n) is 8.75. The molecule has 0 aromatic carbocycles. The number of H-pyrrole nitrogens is 1. The first kappa shape index (κ1) is 10.2. The van der Waals surface area contributed by atoms with Crippen molar-refractivity contribution in [3.8, 4) is 0 Å². The molecule has 0 bridgehead atoms. The quantitative estimate of drug-likeness (QED) is 0.783. The molecule has 2 N–H and O–H groups in total. The molecule has 1 aromatic heterocycles. The highest BCUT2D eigenvalue weighted by Crippen LogP contribution is 2.16. The molecular formula is C10H15N3O2. The van der Waals surface area contributed by atoms with Gasteiger partial charge in [-0.05, 0) is 19.3 Å². The number of rotatable bonds is 3. The van der Waals surface area contributed by atoms with Gasteiger partial charge in [-0.2, -0.15) is 5.10 Å². The van der Waals surface area contributed by atoms with Crippen molar-refractivity contribution >= 4 is 11.7 Å². The molecule has 15 heavy (non-hydrogen) atoms. The predicted octanol–water partition coefficient (Wildman–Crippen LogP) is 1.09. The Balaban J connectivity index is 1.98. The number of nitrogens with zero attached hydrogens (tertiary/aromatic N) is 1. The van der Waals surface area contributed by atoms with Gasteiger partial charge in [-0.1, -0.05) is 6.92 Å². The molecule has 2 heterocycles. The topological polar surface area (TPSA) is 67.0 Å². The number of ether oxygens (including phenoxy) is 1. The van der Waals surface area contributed by atoms with Crippen LogP contribution in [-0.4, -0.2) is 28.8 Å². The van der Waals surface area contributed by atoms with Gasteiger partial charge in [0.2, 0.25) is 0 Å². The number of anilines is 1. The Morgan fingerprint density at radius 2 is 2.67 bits per heavy atom. The summed E-state index contributed by atoms with van der Waals surface area (Å²) >= 11 is 0. The van der Waals surface area contributed by atoms with Gasteiger partial charge in [0.25, 0.3) is 5.91 Å². The van der Waals surface area contributed by atoms with E-state index in [1.165, 1.54) is 0 Å². The Morgan fingerprint density at radius 1 is 1.80 bits per heavy atom. The van der Waals surface area contributed by atoms with Crippen molar-refractivity contribution in [3.05, 3.63) is 11.8 Å². The summed E-state index contributed by atoms with van der Waals surface area (Å²) in [5.41, 5.74) is 1.02. The molecule has 1 aliphatic rings. The number of hydrogen-bond donors (Lipinski definition) is 2. The Kier molecular flexibility index (Phi) is 3.01. The molecule has 0 aliphatic carbocycles. The monoisotopic (exact) mass is 209 g/mol. The van der Waals surface area contributed by atoms with E-state index in [9.17, 15) is 4.79 Å². The molecule has 0 spiro atoms. The van der Waals surface area contributed by atoms with E-state index in [0.717, 1.165) is 24.8 Å². The molecule has 0 radical (unpaired) electrons. The second kappa shape index (κ2) is 4.44. The molecule has 2 rings (SSSR count). The minimum Gasteiger partial charge on any atom is -0.368 e. The summed E-state index contributed by atoms with van der Waals surface area (Å²) in [5.74, 6) is 0.615. The van der Waals surface area contributed by atoms with Gasteiger partial charge >= 0.3 is 0 Å². The fraction of sp³-hybridized carbons (Fsp3) is 0.600. The van der Waals surface area contributed by atoms with Gasteiger partial charge in [0.1, 0.15) is 11.9 Å². The SMILES string of the molecule is CCc1cn[nH]c1NC(=O)[C@H]1CCCO1. The first-order valence-corrected chi connectivity index (χ1v) is 5.26. The van der Waals surface area contributed by atoms with Gasteiger partial charge in [-0.15, -0.1) is 0 Å². The normalized spacial score (nSPS) is 20.5. The number of aromatic nitrogens is 2. The van der Waals surface area contributed by atoms with Crippen LogP contribution in [0.4, 0.5) is 5.82 Å². The van der Waals surface area contributed by atoms with E-state index < -0.39 is 0 Å². The lowest BCUT2D eigenvalue weighted by molar-refractivity contribution is -0.124. The maximum absolute atomic E-state index is 11.7. The molecule has 5 nitrogen and oxygen atoms in total. The van der Waals surface area contributed by atoms with Crippen LogP contribution in [0.1, 0.15) is 25.3 Å². The van der Waals surface area contributed by atoms with Crippen LogP contribution in [0, 0.1) is 0 Å². The van der Waals surface area contributed by atoms with Crippen molar-refractivity contribution in [2.45, 2.75) is 32.3 Å². The molecular weight excluding hydrogens is 194 g/mol. The standard InChI is InChI=1S/C10H15N3O2/c1-2-7-6-11-13-9(7)12-10(14)8-4-3-5-15-8/h6,8H,2-5H2,1H3,(H2,11,12,13,14)/t8-/m1/s1. The summed E-state index contributed by atoms with van der Waals surface area (Å²) < 4.78 is 5.29. The van der Waals surface area contributed by atoms with E-state index in [2.05, 4.69) is 15.5 Å². The molecule has 1 aromatic rings. The lowest BCUT2D eigenvalue weighted by Gasteiger charge is -2.09. The van der Waals surface area contributed by atoms with Crippen LogP contribution in [0.3, 0.4) is 0 Å². The van der Waals surface area contributed by atoms with Gasteiger partial charge in [0.15, 0.2) is 0 Å². The maximum Gasteiger partial charge on any atom is 0.254 e. The van der Waals surface area contributed by atoms with E-state index in [-0.39, 0.29) is 12.0 Å². The van der Waals surface area contributed by atoms with Crippen molar-refractivity contribution in [1.82, 2.24) is 10.2 Å². The highest BCUT2D eigenvalue weighted by Gasteiger charge is 2.24. The number of aryl methyl sites for hydroxylation is 1. The number of carbonyl (C=O) groups excluding carboxylic acids is 1. The van der Waals surface area contributed by atoms with Crippen molar-refractivity contribution < 1.29 is 9.53 Å². The zero-order chi connectivity index (χ0) is 10.7. The number of amides is 1. The molecule has 0 saturated carbocycles. The van der Waals surface area contributed by atoms with Crippen LogP contribution in [0.2, 0.25) is 0 Å². The average Bonchev–Trinajstić information content (AvgIpc) is 2.87. The van der Waals surface area contributed by atoms with Gasteiger partial charge < -0.3 is 10.1 Å². The van der Waals surface area contributed by atoms with Crippen molar-refractivity contribution in [2.24, 2.45) is 0 Å². The highest BCUT2D eigenvalue weighted by molar-refractivity contribution is 5.94. The second-order valence-electron chi connectivity index (χ2n) is 3.61. The average molecular weight is 209 g/mol. The predicted molar refractivity (Wildman–Crippen MR) is 55.6 cm³/mol. The number of aromatic amines is 1. The van der Waals surface area contributed by atoms with E-state index in [4.69, 9.17) is 4.74 Å². The molecule has 1 atom stereocenters. The van der Waals surface area contributed by atoms with E-state index >= 15 is 0 Å². The molecule has 1 saturated heterocycles. The van der Waals surface area contributed by atoms with E-state index in [1.807, 2.05) is 6.92 Å². The Morgan fingerprint density at radius 3 is 3.33 bits per heavy atom. The highest BCUT2D eigenvalue weighted by atomic mass is 16.5. The van der Waals surface area contributed by atoms with Crippen molar-refractivity contribution in [2.75, 3.05) is 11.9 Å². The maximum atomic E-state index is 11.7. The van der Waals surface area contributed by atoms with Gasteiger partial charge in [0, 0.05) is 12.2 Å². The third-order valence-corrected chi connectivity index (χ3v) is 2.57. The lowest BCUT2D eigenvalue weighted by Crippen LogP contribution is -2.27. The Labute approximate surface area is 88.2 Å². The number of carbonyl (C=O) groups is 1. The fourth-order valence-electron chi connectivity index (χ4n) is 1.68. The largest absolute Gasteiger partial charge is 0.368 e. The van der Waals surface area contributed by atoms with Crippen LogP contribution in [0.25, 0.3) is 0 Å². The fourth-order valence-corrected chi connectivity index (χ4v) is 1.68. The van der Waals surface area contributed by atoms with E-state index in [0.29, 0.717) is 12.4 Å². The summed E-state index contributed by atoms with van der Waals surface area (Å²) in [6.45, 7) is 2.70. The second-order valence-corrected chi connectivity index (χ2v) is 3.61. The smallest absolute Gasteiger partial charge is 0.254 e. The van der Waals surface area contributed by atoms with Crippen LogP contribution >= 0.6 is 0 Å². The Bertz CT molecular complexity index is 342. The zero-order valence-corrected chi connectivity index (χ0v) is 8.75. The van der Waals surface area contributed by atoms with Crippen LogP contribution in [0.15, 0.2) is 6.20 Å².